The predicted octanol–water partition coefficient (Wildman–Crippen LogP) is 2.43. The van der Waals surface area contributed by atoms with E-state index in [2.05, 4.69) is 19.9 Å². The van der Waals surface area contributed by atoms with Crippen molar-refractivity contribution in [3.05, 3.63) is 35.4 Å². The molecule has 2 rings (SSSR count). The van der Waals surface area contributed by atoms with Crippen molar-refractivity contribution < 1.29 is 4.79 Å². The van der Waals surface area contributed by atoms with Crippen molar-refractivity contribution in [1.82, 2.24) is 4.90 Å². The van der Waals surface area contributed by atoms with Crippen LogP contribution >= 0.6 is 0 Å². The molecule has 1 saturated heterocycles. The van der Waals surface area contributed by atoms with Crippen LogP contribution in [0.5, 0.6) is 0 Å². The summed E-state index contributed by atoms with van der Waals surface area (Å²) < 4.78 is 0. The lowest BCUT2D eigenvalue weighted by Crippen LogP contribution is -2.30. The van der Waals surface area contributed by atoms with Gasteiger partial charge in [-0.15, -0.1) is 0 Å². The third-order valence-corrected chi connectivity index (χ3v) is 3.20. The maximum atomic E-state index is 12.2. The fraction of sp³-hybridized carbons (Fsp3) is 0.429. The second-order valence-electron chi connectivity index (χ2n) is 5.33. The van der Waals surface area contributed by atoms with E-state index in [-0.39, 0.29) is 11.3 Å². The summed E-state index contributed by atoms with van der Waals surface area (Å²) in [5, 5.41) is 8.82. The van der Waals surface area contributed by atoms with Crippen molar-refractivity contribution in [2.45, 2.75) is 20.3 Å². The van der Waals surface area contributed by atoms with Crippen LogP contribution in [0.1, 0.15) is 36.2 Å². The molecule has 1 aliphatic heterocycles. The topological polar surface area (TPSA) is 44.1 Å². The van der Waals surface area contributed by atoms with Gasteiger partial charge in [-0.3, -0.25) is 4.79 Å². The van der Waals surface area contributed by atoms with Crippen LogP contribution in [0, 0.1) is 16.7 Å². The molecule has 1 amide bonds. The molecule has 0 unspecified atom stereocenters. The highest BCUT2D eigenvalue weighted by Gasteiger charge is 2.32. The van der Waals surface area contributed by atoms with Crippen LogP contribution in [-0.4, -0.2) is 23.9 Å². The summed E-state index contributed by atoms with van der Waals surface area (Å²) in [6.07, 6.45) is 1.04. The van der Waals surface area contributed by atoms with Crippen molar-refractivity contribution in [2.75, 3.05) is 13.1 Å². The van der Waals surface area contributed by atoms with Gasteiger partial charge in [-0.1, -0.05) is 19.9 Å². The van der Waals surface area contributed by atoms with Crippen LogP contribution in [0.2, 0.25) is 0 Å². The standard InChI is InChI=1S/C14H16N2O/c1-14(2)6-7-16(10-14)13(17)12-5-3-4-11(8-12)9-15/h3-5,8H,6-7,10H2,1-2H3. The number of benzene rings is 1. The van der Waals surface area contributed by atoms with Crippen LogP contribution < -0.4 is 0 Å². The van der Waals surface area contributed by atoms with E-state index in [0.717, 1.165) is 19.5 Å². The Morgan fingerprint density at radius 2 is 2.24 bits per heavy atom. The first-order valence-corrected chi connectivity index (χ1v) is 5.81. The number of nitriles is 1. The largest absolute Gasteiger partial charge is 0.338 e. The van der Waals surface area contributed by atoms with Gasteiger partial charge in [0.1, 0.15) is 0 Å². The van der Waals surface area contributed by atoms with E-state index in [0.29, 0.717) is 11.1 Å². The summed E-state index contributed by atoms with van der Waals surface area (Å²) in [6.45, 7) is 5.95. The Balaban J connectivity index is 2.18. The van der Waals surface area contributed by atoms with E-state index in [1.54, 1.807) is 24.3 Å². The number of carbonyl (C=O) groups excluding carboxylic acids is 1. The molecule has 0 saturated carbocycles. The molecule has 0 atom stereocenters. The smallest absolute Gasteiger partial charge is 0.253 e. The maximum absolute atomic E-state index is 12.2. The van der Waals surface area contributed by atoms with E-state index in [1.165, 1.54) is 0 Å². The molecule has 1 heterocycles. The summed E-state index contributed by atoms with van der Waals surface area (Å²) in [5.74, 6) is 0.0349. The summed E-state index contributed by atoms with van der Waals surface area (Å²) in [7, 11) is 0. The minimum absolute atomic E-state index is 0.0349. The average molecular weight is 228 g/mol. The van der Waals surface area contributed by atoms with Gasteiger partial charge in [0, 0.05) is 18.7 Å². The van der Waals surface area contributed by atoms with Crippen molar-refractivity contribution in [2.24, 2.45) is 5.41 Å². The molecule has 1 fully saturated rings. The zero-order valence-corrected chi connectivity index (χ0v) is 10.2. The molecular formula is C14H16N2O. The van der Waals surface area contributed by atoms with Crippen molar-refractivity contribution in [3.8, 4) is 6.07 Å². The van der Waals surface area contributed by atoms with Gasteiger partial charge >= 0.3 is 0 Å². The van der Waals surface area contributed by atoms with Crippen LogP contribution in [0.3, 0.4) is 0 Å². The molecule has 1 aromatic rings. The highest BCUT2D eigenvalue weighted by atomic mass is 16.2. The zero-order valence-electron chi connectivity index (χ0n) is 10.2. The van der Waals surface area contributed by atoms with Gasteiger partial charge in [0.2, 0.25) is 0 Å². The maximum Gasteiger partial charge on any atom is 0.253 e. The van der Waals surface area contributed by atoms with Crippen LogP contribution in [0.4, 0.5) is 0 Å². The van der Waals surface area contributed by atoms with Crippen LogP contribution in [-0.2, 0) is 0 Å². The third kappa shape index (κ3) is 2.47. The Bertz CT molecular complexity index is 485. The Kier molecular flexibility index (Phi) is 2.89. The van der Waals surface area contributed by atoms with Crippen LogP contribution in [0.25, 0.3) is 0 Å². The lowest BCUT2D eigenvalue weighted by atomic mass is 9.93. The third-order valence-electron chi connectivity index (χ3n) is 3.20. The predicted molar refractivity (Wildman–Crippen MR) is 65.5 cm³/mol. The molecule has 3 heteroatoms. The molecule has 0 aliphatic carbocycles. The highest BCUT2D eigenvalue weighted by molar-refractivity contribution is 5.94. The van der Waals surface area contributed by atoms with E-state index >= 15 is 0 Å². The quantitative estimate of drug-likeness (QED) is 0.741. The van der Waals surface area contributed by atoms with E-state index < -0.39 is 0 Å². The molecule has 88 valence electrons. The van der Waals surface area contributed by atoms with Gasteiger partial charge < -0.3 is 4.90 Å². The summed E-state index contributed by atoms with van der Waals surface area (Å²) in [4.78, 5) is 14.1. The SMILES string of the molecule is CC1(C)CCN(C(=O)c2cccc(C#N)c2)C1. The summed E-state index contributed by atoms with van der Waals surface area (Å²) in [5.41, 5.74) is 1.36. The number of nitrogens with zero attached hydrogens (tertiary/aromatic N) is 2. The zero-order chi connectivity index (χ0) is 12.5. The van der Waals surface area contributed by atoms with Crippen molar-refractivity contribution >= 4 is 5.91 Å². The first-order valence-electron chi connectivity index (χ1n) is 5.81. The molecule has 17 heavy (non-hydrogen) atoms. The van der Waals surface area contributed by atoms with Gasteiger partial charge in [-0.05, 0) is 30.0 Å². The fourth-order valence-corrected chi connectivity index (χ4v) is 2.19. The fourth-order valence-electron chi connectivity index (χ4n) is 2.19. The highest BCUT2D eigenvalue weighted by Crippen LogP contribution is 2.29. The molecule has 0 radical (unpaired) electrons. The van der Waals surface area contributed by atoms with Crippen molar-refractivity contribution in [3.63, 3.8) is 0 Å². The second kappa shape index (κ2) is 4.21. The molecule has 0 spiro atoms. The monoisotopic (exact) mass is 228 g/mol. The van der Waals surface area contributed by atoms with Gasteiger partial charge in [0.15, 0.2) is 0 Å². The lowest BCUT2D eigenvalue weighted by molar-refractivity contribution is 0.0778. The lowest BCUT2D eigenvalue weighted by Gasteiger charge is -2.19. The number of likely N-dealkylation sites (tertiary alicyclic amines) is 1. The number of rotatable bonds is 1. The summed E-state index contributed by atoms with van der Waals surface area (Å²) in [6, 6.07) is 8.96. The number of carbonyl (C=O) groups is 1. The van der Waals surface area contributed by atoms with Crippen molar-refractivity contribution in [1.29, 1.82) is 5.26 Å². The van der Waals surface area contributed by atoms with Gasteiger partial charge in [-0.25, -0.2) is 0 Å². The molecule has 1 aliphatic rings. The summed E-state index contributed by atoms with van der Waals surface area (Å²) >= 11 is 0. The molecule has 0 bridgehead atoms. The van der Waals surface area contributed by atoms with Gasteiger partial charge in [-0.2, -0.15) is 5.26 Å². The Morgan fingerprint density at radius 3 is 2.82 bits per heavy atom. The van der Waals surface area contributed by atoms with Crippen LogP contribution in [0.15, 0.2) is 24.3 Å². The minimum atomic E-state index is 0.0349. The normalized spacial score (nSPS) is 17.8. The number of hydrogen-bond acceptors (Lipinski definition) is 2. The average Bonchev–Trinajstić information content (AvgIpc) is 2.69. The first kappa shape index (κ1) is 11.7. The van der Waals surface area contributed by atoms with Gasteiger partial charge in [0.25, 0.3) is 5.91 Å². The minimum Gasteiger partial charge on any atom is -0.338 e. The molecule has 0 N–H and O–H groups in total. The second-order valence-corrected chi connectivity index (χ2v) is 5.33. The molecular weight excluding hydrogens is 212 g/mol. The van der Waals surface area contributed by atoms with E-state index in [9.17, 15) is 4.79 Å². The Morgan fingerprint density at radius 1 is 1.47 bits per heavy atom. The molecule has 3 nitrogen and oxygen atoms in total. The molecule has 0 aromatic heterocycles. The van der Waals surface area contributed by atoms with E-state index in [1.807, 2.05) is 4.90 Å². The number of amides is 1. The number of hydrogen-bond donors (Lipinski definition) is 0. The molecule has 1 aromatic carbocycles. The Hall–Kier alpha value is -1.82. The first-order chi connectivity index (χ1) is 8.02. The van der Waals surface area contributed by atoms with Gasteiger partial charge in [0.05, 0.1) is 11.6 Å². The van der Waals surface area contributed by atoms with E-state index in [4.69, 9.17) is 5.26 Å². The Labute approximate surface area is 102 Å².